The summed E-state index contributed by atoms with van der Waals surface area (Å²) in [5.41, 5.74) is 0. The fourth-order valence-electron chi connectivity index (χ4n) is 3.72. The lowest BCUT2D eigenvalue weighted by molar-refractivity contribution is -0.140. The van der Waals surface area contributed by atoms with Gasteiger partial charge in [0.25, 0.3) is 0 Å². The molecule has 0 aliphatic heterocycles. The van der Waals surface area contributed by atoms with Crippen LogP contribution >= 0.6 is 11.6 Å². The number of carbonyl (C=O) groups excluding carboxylic acids is 1. The van der Waals surface area contributed by atoms with Crippen molar-refractivity contribution in [2.45, 2.75) is 135 Å². The van der Waals surface area contributed by atoms with Crippen molar-refractivity contribution in [3.05, 3.63) is 0 Å². The van der Waals surface area contributed by atoms with E-state index in [9.17, 15) is 4.79 Å². The highest BCUT2D eigenvalue weighted by molar-refractivity contribution is 6.17. The number of unbranched alkanes of at least 4 members (excludes halogenated alkanes) is 14. The van der Waals surface area contributed by atoms with Crippen LogP contribution in [0.3, 0.4) is 0 Å². The van der Waals surface area contributed by atoms with Crippen molar-refractivity contribution in [1.29, 1.82) is 0 Å². The van der Waals surface area contributed by atoms with Gasteiger partial charge < -0.3 is 9.47 Å². The summed E-state index contributed by atoms with van der Waals surface area (Å²) in [4.78, 5) is 11.2. The zero-order valence-electron chi connectivity index (χ0n) is 18.8. The van der Waals surface area contributed by atoms with Gasteiger partial charge in [-0.15, -0.1) is 0 Å². The van der Waals surface area contributed by atoms with Gasteiger partial charge >= 0.3 is 5.97 Å². The van der Waals surface area contributed by atoms with E-state index in [1.165, 1.54) is 103 Å². The lowest BCUT2D eigenvalue weighted by atomic mass is 10.0. The number of alkyl halides is 1. The molecular formula is C24H47ClO3. The first-order chi connectivity index (χ1) is 13.7. The van der Waals surface area contributed by atoms with Crippen LogP contribution in [0, 0.1) is 0 Å². The van der Waals surface area contributed by atoms with Gasteiger partial charge in [-0.1, -0.05) is 115 Å². The molecule has 0 saturated heterocycles. The molecule has 0 aromatic carbocycles. The van der Waals surface area contributed by atoms with Crippen molar-refractivity contribution in [1.82, 2.24) is 0 Å². The average molecular weight is 419 g/mol. The largest absolute Gasteiger partial charge is 0.469 e. The van der Waals surface area contributed by atoms with Crippen molar-refractivity contribution in [2.24, 2.45) is 0 Å². The van der Waals surface area contributed by atoms with Gasteiger partial charge in [-0.3, -0.25) is 4.79 Å². The number of carbonyl (C=O) groups is 1. The lowest BCUT2D eigenvalue weighted by Crippen LogP contribution is -2.13. The molecule has 0 aliphatic rings. The molecule has 1 atom stereocenters. The molecule has 0 rings (SSSR count). The van der Waals surface area contributed by atoms with Gasteiger partial charge in [-0.25, -0.2) is 0 Å². The third-order valence-electron chi connectivity index (χ3n) is 5.56. The fraction of sp³-hybridized carbons (Fsp3) is 0.958. The second kappa shape index (κ2) is 23.0. The van der Waals surface area contributed by atoms with Crippen LogP contribution in [-0.4, -0.2) is 25.2 Å². The van der Waals surface area contributed by atoms with Crippen molar-refractivity contribution >= 4 is 17.6 Å². The van der Waals surface area contributed by atoms with Crippen LogP contribution < -0.4 is 0 Å². The monoisotopic (exact) mass is 418 g/mol. The first kappa shape index (κ1) is 27.7. The number of hydrogen-bond donors (Lipinski definition) is 0. The molecule has 0 radical (unpaired) electrons. The summed E-state index contributed by atoms with van der Waals surface area (Å²) in [6.07, 6.45) is 24.1. The quantitative estimate of drug-likeness (QED) is 0.101. The topological polar surface area (TPSA) is 35.5 Å². The van der Waals surface area contributed by atoms with E-state index in [0.717, 1.165) is 19.3 Å². The smallest absolute Gasteiger partial charge is 0.305 e. The third kappa shape index (κ3) is 20.5. The van der Waals surface area contributed by atoms with E-state index in [0.29, 0.717) is 6.42 Å². The maximum Gasteiger partial charge on any atom is 0.305 e. The van der Waals surface area contributed by atoms with E-state index in [1.54, 1.807) is 0 Å². The molecule has 4 heteroatoms. The zero-order chi connectivity index (χ0) is 20.7. The van der Waals surface area contributed by atoms with Crippen LogP contribution in [0.15, 0.2) is 0 Å². The van der Waals surface area contributed by atoms with Crippen molar-refractivity contribution in [2.75, 3.05) is 13.2 Å². The predicted octanol–water partition coefficient (Wildman–Crippen LogP) is 8.17. The highest BCUT2D eigenvalue weighted by Gasteiger charge is 2.10. The van der Waals surface area contributed by atoms with Crippen LogP contribution in [0.5, 0.6) is 0 Å². The zero-order valence-corrected chi connectivity index (χ0v) is 19.6. The minimum atomic E-state index is -0.142. The summed E-state index contributed by atoms with van der Waals surface area (Å²) < 4.78 is 10.3. The number of ether oxygens (including phenoxy) is 2. The van der Waals surface area contributed by atoms with Gasteiger partial charge in [0.2, 0.25) is 0 Å². The first-order valence-electron chi connectivity index (χ1n) is 12.0. The highest BCUT2D eigenvalue weighted by atomic mass is 35.5. The SMILES string of the molecule is CCCCCCCCCCCCCCCCCC(CCCC(=O)OC)OCCl. The van der Waals surface area contributed by atoms with Crippen molar-refractivity contribution in [3.63, 3.8) is 0 Å². The van der Waals surface area contributed by atoms with Crippen LogP contribution in [0.2, 0.25) is 0 Å². The van der Waals surface area contributed by atoms with Crippen LogP contribution in [-0.2, 0) is 14.3 Å². The fourth-order valence-corrected chi connectivity index (χ4v) is 3.90. The van der Waals surface area contributed by atoms with E-state index < -0.39 is 0 Å². The van der Waals surface area contributed by atoms with E-state index in [1.807, 2.05) is 0 Å². The number of rotatable bonds is 22. The van der Waals surface area contributed by atoms with Crippen LogP contribution in [0.4, 0.5) is 0 Å². The van der Waals surface area contributed by atoms with E-state index in [2.05, 4.69) is 11.7 Å². The summed E-state index contributed by atoms with van der Waals surface area (Å²) in [5.74, 6) is -0.142. The Hall–Kier alpha value is -0.280. The number of hydrogen-bond acceptors (Lipinski definition) is 3. The molecule has 0 fully saturated rings. The third-order valence-corrected chi connectivity index (χ3v) is 5.69. The van der Waals surface area contributed by atoms with Gasteiger partial charge in [0, 0.05) is 6.42 Å². The minimum Gasteiger partial charge on any atom is -0.469 e. The number of halogens is 1. The van der Waals surface area contributed by atoms with Gasteiger partial charge in [-0.05, 0) is 19.3 Å². The number of esters is 1. The van der Waals surface area contributed by atoms with Crippen molar-refractivity contribution in [3.8, 4) is 0 Å². The molecule has 0 spiro atoms. The molecule has 0 aromatic heterocycles. The van der Waals surface area contributed by atoms with E-state index in [-0.39, 0.29) is 18.1 Å². The van der Waals surface area contributed by atoms with Crippen LogP contribution in [0.25, 0.3) is 0 Å². The Morgan fingerprint density at radius 2 is 1.14 bits per heavy atom. The molecule has 168 valence electrons. The summed E-state index contributed by atoms with van der Waals surface area (Å²) in [5, 5.41) is 0. The Morgan fingerprint density at radius 1 is 0.714 bits per heavy atom. The van der Waals surface area contributed by atoms with Crippen LogP contribution in [0.1, 0.15) is 129 Å². The predicted molar refractivity (Wildman–Crippen MR) is 121 cm³/mol. The van der Waals surface area contributed by atoms with Gasteiger partial charge in [0.15, 0.2) is 0 Å². The minimum absolute atomic E-state index is 0.142. The van der Waals surface area contributed by atoms with E-state index >= 15 is 0 Å². The molecule has 0 bridgehead atoms. The van der Waals surface area contributed by atoms with Gasteiger partial charge in [0.1, 0.15) is 6.07 Å². The van der Waals surface area contributed by atoms with Gasteiger partial charge in [-0.2, -0.15) is 0 Å². The Balaban J connectivity index is 3.36. The Morgan fingerprint density at radius 3 is 1.57 bits per heavy atom. The maximum absolute atomic E-state index is 11.2. The number of methoxy groups -OCH3 is 1. The lowest BCUT2D eigenvalue weighted by Gasteiger charge is -2.16. The average Bonchev–Trinajstić information content (AvgIpc) is 2.70. The molecule has 28 heavy (non-hydrogen) atoms. The summed E-state index contributed by atoms with van der Waals surface area (Å²) in [6.45, 7) is 2.28. The summed E-state index contributed by atoms with van der Waals surface area (Å²) >= 11 is 5.72. The first-order valence-corrected chi connectivity index (χ1v) is 12.5. The van der Waals surface area contributed by atoms with Crippen molar-refractivity contribution < 1.29 is 14.3 Å². The standard InChI is InChI=1S/C24H47ClO3/c1-3-4-5-6-7-8-9-10-11-12-13-14-15-16-17-19-23(28-22-25)20-18-21-24(26)27-2/h23H,3-22H2,1-2H3. The molecular weight excluding hydrogens is 372 g/mol. The molecule has 0 N–H and O–H groups in total. The molecule has 0 heterocycles. The Bertz CT molecular complexity index is 323. The molecule has 1 unspecified atom stereocenters. The summed E-state index contributed by atoms with van der Waals surface area (Å²) in [6, 6.07) is 0.238. The second-order valence-corrected chi connectivity index (χ2v) is 8.32. The van der Waals surface area contributed by atoms with Gasteiger partial charge in [0.05, 0.1) is 13.2 Å². The molecule has 0 aromatic rings. The highest BCUT2D eigenvalue weighted by Crippen LogP contribution is 2.17. The molecule has 0 amide bonds. The molecule has 0 aliphatic carbocycles. The second-order valence-electron chi connectivity index (χ2n) is 8.10. The van der Waals surface area contributed by atoms with E-state index in [4.69, 9.17) is 16.3 Å². The summed E-state index contributed by atoms with van der Waals surface area (Å²) in [7, 11) is 1.44. The Labute approximate surface area is 180 Å². The Kier molecular flexibility index (Phi) is 22.8. The maximum atomic E-state index is 11.2. The molecule has 0 saturated carbocycles. The normalized spacial score (nSPS) is 12.2. The molecule has 3 nitrogen and oxygen atoms in total.